The number of carbonyl (C=O) groups excluding carboxylic acids is 1. The molecule has 1 aliphatic rings. The molecule has 2 aromatic rings. The first-order chi connectivity index (χ1) is 11.1. The third kappa shape index (κ3) is 3.26. The molecule has 0 saturated carbocycles. The number of aryl methyl sites for hydroxylation is 2. The number of hydrogen-bond acceptors (Lipinski definition) is 4. The lowest BCUT2D eigenvalue weighted by atomic mass is 10.0. The van der Waals surface area contributed by atoms with Crippen LogP contribution in [0.15, 0.2) is 23.6 Å². The molecule has 5 heteroatoms. The number of anilines is 2. The van der Waals surface area contributed by atoms with Crippen molar-refractivity contribution in [2.75, 3.05) is 36.5 Å². The Balaban J connectivity index is 1.95. The standard InChI is InChI=1S/C18H22N2O2S/c1-12-11-13(2)17(20-6-8-22-9-7-20)14(3)16(12)19-18(21)15-5-4-10-23-15/h4-5,10-11H,6-9H2,1-3H3,(H,19,21). The molecule has 1 fully saturated rings. The number of nitrogens with one attached hydrogen (secondary N) is 1. The number of thiophene rings is 1. The van der Waals surface area contributed by atoms with Crippen LogP contribution in [0.2, 0.25) is 0 Å². The van der Waals surface area contributed by atoms with Gasteiger partial charge in [0, 0.05) is 24.5 Å². The van der Waals surface area contributed by atoms with E-state index >= 15 is 0 Å². The van der Waals surface area contributed by atoms with Crippen LogP contribution in [-0.4, -0.2) is 32.2 Å². The van der Waals surface area contributed by atoms with E-state index in [2.05, 4.69) is 30.1 Å². The zero-order valence-corrected chi connectivity index (χ0v) is 14.6. The van der Waals surface area contributed by atoms with Gasteiger partial charge in [-0.15, -0.1) is 11.3 Å². The maximum absolute atomic E-state index is 12.4. The van der Waals surface area contributed by atoms with Gasteiger partial charge in [0.2, 0.25) is 0 Å². The first-order valence-corrected chi connectivity index (χ1v) is 8.74. The fourth-order valence-corrected chi connectivity index (χ4v) is 3.84. The molecule has 0 bridgehead atoms. The van der Waals surface area contributed by atoms with Crippen LogP contribution in [0.1, 0.15) is 26.4 Å². The highest BCUT2D eigenvalue weighted by molar-refractivity contribution is 7.12. The molecule has 122 valence electrons. The van der Waals surface area contributed by atoms with E-state index < -0.39 is 0 Å². The number of hydrogen-bond donors (Lipinski definition) is 1. The summed E-state index contributed by atoms with van der Waals surface area (Å²) in [6, 6.07) is 5.90. The zero-order valence-electron chi connectivity index (χ0n) is 13.8. The van der Waals surface area contributed by atoms with E-state index in [1.165, 1.54) is 22.6 Å². The highest BCUT2D eigenvalue weighted by atomic mass is 32.1. The number of benzene rings is 1. The topological polar surface area (TPSA) is 41.6 Å². The van der Waals surface area contributed by atoms with Crippen molar-refractivity contribution in [1.82, 2.24) is 0 Å². The Bertz CT molecular complexity index is 704. The van der Waals surface area contributed by atoms with Gasteiger partial charge in [0.15, 0.2) is 0 Å². The fraction of sp³-hybridized carbons (Fsp3) is 0.389. The summed E-state index contributed by atoms with van der Waals surface area (Å²) in [6.45, 7) is 9.57. The van der Waals surface area contributed by atoms with E-state index in [0.717, 1.165) is 48.0 Å². The molecule has 0 unspecified atom stereocenters. The Labute approximate surface area is 141 Å². The number of amides is 1. The van der Waals surface area contributed by atoms with Gasteiger partial charge in [-0.3, -0.25) is 4.79 Å². The van der Waals surface area contributed by atoms with Gasteiger partial charge in [0.05, 0.1) is 18.1 Å². The highest BCUT2D eigenvalue weighted by Gasteiger charge is 2.20. The van der Waals surface area contributed by atoms with Crippen LogP contribution >= 0.6 is 11.3 Å². The van der Waals surface area contributed by atoms with Crippen molar-refractivity contribution in [2.24, 2.45) is 0 Å². The average Bonchev–Trinajstić information content (AvgIpc) is 3.06. The third-order valence-corrected chi connectivity index (χ3v) is 5.11. The van der Waals surface area contributed by atoms with Gasteiger partial charge < -0.3 is 15.0 Å². The number of carbonyl (C=O) groups is 1. The van der Waals surface area contributed by atoms with Gasteiger partial charge in [-0.05, 0) is 48.9 Å². The molecule has 1 saturated heterocycles. The molecule has 1 aromatic carbocycles. The third-order valence-electron chi connectivity index (χ3n) is 4.24. The first-order valence-electron chi connectivity index (χ1n) is 7.86. The van der Waals surface area contributed by atoms with Gasteiger partial charge in [-0.2, -0.15) is 0 Å². The molecule has 2 heterocycles. The predicted octanol–water partition coefficient (Wildman–Crippen LogP) is 3.76. The quantitative estimate of drug-likeness (QED) is 0.931. The average molecular weight is 330 g/mol. The molecule has 23 heavy (non-hydrogen) atoms. The van der Waals surface area contributed by atoms with Crippen LogP contribution < -0.4 is 10.2 Å². The predicted molar refractivity (Wildman–Crippen MR) is 96.0 cm³/mol. The van der Waals surface area contributed by atoms with E-state index in [9.17, 15) is 4.79 Å². The van der Waals surface area contributed by atoms with Crippen molar-refractivity contribution < 1.29 is 9.53 Å². The number of morpholine rings is 1. The lowest BCUT2D eigenvalue weighted by molar-refractivity contribution is 0.103. The number of rotatable bonds is 3. The first kappa shape index (κ1) is 16.0. The molecular formula is C18H22N2O2S. The molecule has 1 aromatic heterocycles. The van der Waals surface area contributed by atoms with Crippen molar-refractivity contribution in [3.8, 4) is 0 Å². The molecular weight excluding hydrogens is 308 g/mol. The van der Waals surface area contributed by atoms with Crippen LogP contribution in [0.4, 0.5) is 11.4 Å². The minimum atomic E-state index is -0.0389. The molecule has 0 spiro atoms. The van der Waals surface area contributed by atoms with Crippen molar-refractivity contribution in [3.05, 3.63) is 45.1 Å². The minimum Gasteiger partial charge on any atom is -0.378 e. The van der Waals surface area contributed by atoms with E-state index in [1.54, 1.807) is 0 Å². The van der Waals surface area contributed by atoms with E-state index in [0.29, 0.717) is 0 Å². The largest absolute Gasteiger partial charge is 0.378 e. The molecule has 3 rings (SSSR count). The molecule has 0 aliphatic carbocycles. The summed E-state index contributed by atoms with van der Waals surface area (Å²) in [5.41, 5.74) is 5.63. The second-order valence-corrected chi connectivity index (χ2v) is 6.84. The van der Waals surface area contributed by atoms with Crippen LogP contribution in [0, 0.1) is 20.8 Å². The molecule has 1 aliphatic heterocycles. The molecule has 0 atom stereocenters. The minimum absolute atomic E-state index is 0.0389. The summed E-state index contributed by atoms with van der Waals surface area (Å²) in [6.07, 6.45) is 0. The van der Waals surface area contributed by atoms with Gasteiger partial charge >= 0.3 is 0 Å². The summed E-state index contributed by atoms with van der Waals surface area (Å²) in [5, 5.41) is 5.02. The van der Waals surface area contributed by atoms with Gasteiger partial charge in [0.25, 0.3) is 5.91 Å². The van der Waals surface area contributed by atoms with Gasteiger partial charge in [-0.1, -0.05) is 12.1 Å². The highest BCUT2D eigenvalue weighted by Crippen LogP contribution is 2.34. The van der Waals surface area contributed by atoms with E-state index in [-0.39, 0.29) is 5.91 Å². The van der Waals surface area contributed by atoms with Gasteiger partial charge in [0.1, 0.15) is 0 Å². The van der Waals surface area contributed by atoms with Crippen LogP contribution in [0.3, 0.4) is 0 Å². The van der Waals surface area contributed by atoms with E-state index in [4.69, 9.17) is 4.74 Å². The summed E-state index contributed by atoms with van der Waals surface area (Å²) in [5.74, 6) is -0.0389. The Morgan fingerprint density at radius 3 is 2.61 bits per heavy atom. The summed E-state index contributed by atoms with van der Waals surface area (Å²) in [4.78, 5) is 15.5. The van der Waals surface area contributed by atoms with Crippen molar-refractivity contribution in [1.29, 1.82) is 0 Å². The lowest BCUT2D eigenvalue weighted by Gasteiger charge is -2.32. The second kappa shape index (κ2) is 6.72. The van der Waals surface area contributed by atoms with Crippen LogP contribution in [0.5, 0.6) is 0 Å². The Hall–Kier alpha value is -1.85. The second-order valence-electron chi connectivity index (χ2n) is 5.89. The zero-order chi connectivity index (χ0) is 16.4. The SMILES string of the molecule is Cc1cc(C)c(N2CCOCC2)c(C)c1NC(=O)c1cccs1. The van der Waals surface area contributed by atoms with E-state index in [1.807, 2.05) is 24.4 Å². The number of nitrogens with zero attached hydrogens (tertiary/aromatic N) is 1. The monoisotopic (exact) mass is 330 g/mol. The fourth-order valence-electron chi connectivity index (χ4n) is 3.22. The molecule has 1 N–H and O–H groups in total. The number of ether oxygens (including phenoxy) is 1. The normalized spacial score (nSPS) is 14.8. The van der Waals surface area contributed by atoms with Crippen molar-refractivity contribution in [3.63, 3.8) is 0 Å². The Morgan fingerprint density at radius 2 is 1.96 bits per heavy atom. The van der Waals surface area contributed by atoms with Crippen LogP contribution in [-0.2, 0) is 4.74 Å². The van der Waals surface area contributed by atoms with Crippen molar-refractivity contribution in [2.45, 2.75) is 20.8 Å². The van der Waals surface area contributed by atoms with Crippen molar-refractivity contribution >= 4 is 28.6 Å². The summed E-state index contributed by atoms with van der Waals surface area (Å²) < 4.78 is 5.46. The molecule has 1 amide bonds. The smallest absolute Gasteiger partial charge is 0.265 e. The Kier molecular flexibility index (Phi) is 4.68. The molecule has 0 radical (unpaired) electrons. The Morgan fingerprint density at radius 1 is 1.22 bits per heavy atom. The lowest BCUT2D eigenvalue weighted by Crippen LogP contribution is -2.37. The van der Waals surface area contributed by atoms with Gasteiger partial charge in [-0.25, -0.2) is 0 Å². The van der Waals surface area contributed by atoms with Crippen LogP contribution in [0.25, 0.3) is 0 Å². The maximum Gasteiger partial charge on any atom is 0.265 e. The molecule has 4 nitrogen and oxygen atoms in total. The maximum atomic E-state index is 12.4. The summed E-state index contributed by atoms with van der Waals surface area (Å²) in [7, 11) is 0. The summed E-state index contributed by atoms with van der Waals surface area (Å²) >= 11 is 1.46.